The van der Waals surface area contributed by atoms with Crippen LogP contribution in [0.25, 0.3) is 0 Å². The third-order valence-corrected chi connectivity index (χ3v) is 4.89. The van der Waals surface area contributed by atoms with Gasteiger partial charge in [0.2, 0.25) is 0 Å². The summed E-state index contributed by atoms with van der Waals surface area (Å²) >= 11 is 0. The van der Waals surface area contributed by atoms with E-state index in [1.165, 1.54) is 11.3 Å². The molecular formula is C20H27N3O2. The van der Waals surface area contributed by atoms with Crippen molar-refractivity contribution in [2.24, 2.45) is 5.73 Å². The van der Waals surface area contributed by atoms with Crippen LogP contribution >= 0.6 is 0 Å². The van der Waals surface area contributed by atoms with Crippen LogP contribution in [0.1, 0.15) is 25.3 Å². The first-order valence-corrected chi connectivity index (χ1v) is 8.99. The smallest absolute Gasteiger partial charge is 0.410 e. The van der Waals surface area contributed by atoms with Crippen molar-refractivity contribution in [2.75, 3.05) is 26.2 Å². The van der Waals surface area contributed by atoms with Gasteiger partial charge in [-0.15, -0.1) is 0 Å². The van der Waals surface area contributed by atoms with Crippen LogP contribution in [0.15, 0.2) is 53.8 Å². The highest BCUT2D eigenvalue weighted by molar-refractivity contribution is 5.67. The number of amides is 1. The van der Waals surface area contributed by atoms with E-state index in [1.807, 2.05) is 37.3 Å². The molecule has 0 aromatic heterocycles. The van der Waals surface area contributed by atoms with Crippen molar-refractivity contribution in [3.8, 4) is 0 Å². The molecule has 3 rings (SSSR count). The second kappa shape index (κ2) is 8.21. The second-order valence-electron chi connectivity index (χ2n) is 6.70. The molecule has 1 amide bonds. The minimum Gasteiger partial charge on any atom is -0.445 e. The number of ether oxygens (including phenoxy) is 1. The summed E-state index contributed by atoms with van der Waals surface area (Å²) in [5.41, 5.74) is 9.62. The monoisotopic (exact) mass is 341 g/mol. The van der Waals surface area contributed by atoms with E-state index in [0.29, 0.717) is 19.7 Å². The number of benzene rings is 1. The molecule has 134 valence electrons. The lowest BCUT2D eigenvalue weighted by molar-refractivity contribution is 0.0773. The third kappa shape index (κ3) is 4.63. The minimum atomic E-state index is -0.222. The maximum atomic E-state index is 12.2. The maximum absolute atomic E-state index is 12.2. The fourth-order valence-electron chi connectivity index (χ4n) is 3.27. The van der Waals surface area contributed by atoms with Crippen molar-refractivity contribution in [2.45, 2.75) is 32.4 Å². The number of carbonyl (C=O) groups excluding carboxylic acids is 1. The molecular weight excluding hydrogens is 314 g/mol. The van der Waals surface area contributed by atoms with Gasteiger partial charge in [0.05, 0.1) is 0 Å². The normalized spacial score (nSPS) is 19.1. The molecule has 1 aromatic rings. The van der Waals surface area contributed by atoms with Crippen LogP contribution in [0, 0.1) is 0 Å². The molecule has 1 aliphatic carbocycles. The molecule has 1 atom stereocenters. The predicted molar refractivity (Wildman–Crippen MR) is 98.8 cm³/mol. The molecule has 1 heterocycles. The van der Waals surface area contributed by atoms with Crippen molar-refractivity contribution in [1.29, 1.82) is 0 Å². The van der Waals surface area contributed by atoms with E-state index in [0.717, 1.165) is 31.5 Å². The number of nitrogens with two attached hydrogens (primary N) is 1. The van der Waals surface area contributed by atoms with Crippen LogP contribution in [0.4, 0.5) is 4.79 Å². The highest BCUT2D eigenvalue weighted by Gasteiger charge is 2.24. The predicted octanol–water partition coefficient (Wildman–Crippen LogP) is 2.89. The molecule has 1 aliphatic heterocycles. The summed E-state index contributed by atoms with van der Waals surface area (Å²) in [4.78, 5) is 16.4. The summed E-state index contributed by atoms with van der Waals surface area (Å²) in [5.74, 6) is 0. The Hall–Kier alpha value is -2.27. The van der Waals surface area contributed by atoms with E-state index < -0.39 is 0 Å². The van der Waals surface area contributed by atoms with Crippen molar-refractivity contribution >= 4 is 6.09 Å². The molecule has 0 unspecified atom stereocenters. The number of rotatable bonds is 4. The van der Waals surface area contributed by atoms with Gasteiger partial charge in [-0.25, -0.2) is 4.79 Å². The van der Waals surface area contributed by atoms with Crippen LogP contribution < -0.4 is 5.73 Å². The Balaban J connectivity index is 1.46. The first kappa shape index (κ1) is 17.5. The molecule has 1 aromatic carbocycles. The standard InChI is InChI=1S/C20H27N3O2/c1-16(21)18-7-9-19(10-8-18)22-11-13-23(14-12-22)20(24)25-15-17-5-3-2-4-6-17/h2-7,9,16H,8,10-15,21H2,1H3/t16-/m0/s1. The van der Waals surface area contributed by atoms with Crippen molar-refractivity contribution in [3.63, 3.8) is 0 Å². The van der Waals surface area contributed by atoms with Gasteiger partial charge < -0.3 is 20.3 Å². The van der Waals surface area contributed by atoms with Gasteiger partial charge in [0, 0.05) is 37.9 Å². The summed E-state index contributed by atoms with van der Waals surface area (Å²) < 4.78 is 5.42. The Morgan fingerprint density at radius 1 is 1.12 bits per heavy atom. The van der Waals surface area contributed by atoms with Gasteiger partial charge in [-0.2, -0.15) is 0 Å². The van der Waals surface area contributed by atoms with Crippen LogP contribution in [0.3, 0.4) is 0 Å². The SMILES string of the molecule is C[C@H](N)C1=CC=C(N2CCN(C(=O)OCc3ccccc3)CC2)CC1. The van der Waals surface area contributed by atoms with E-state index >= 15 is 0 Å². The molecule has 1 fully saturated rings. The van der Waals surface area contributed by atoms with Gasteiger partial charge in [0.15, 0.2) is 0 Å². The van der Waals surface area contributed by atoms with E-state index in [1.54, 1.807) is 4.90 Å². The molecule has 5 nitrogen and oxygen atoms in total. The van der Waals surface area contributed by atoms with Crippen LogP contribution in [0.2, 0.25) is 0 Å². The zero-order valence-corrected chi connectivity index (χ0v) is 14.9. The van der Waals surface area contributed by atoms with E-state index in [4.69, 9.17) is 10.5 Å². The zero-order valence-electron chi connectivity index (χ0n) is 14.9. The summed E-state index contributed by atoms with van der Waals surface area (Å²) in [6.45, 7) is 5.48. The Kier molecular flexibility index (Phi) is 5.76. The van der Waals surface area contributed by atoms with Gasteiger partial charge in [0.25, 0.3) is 0 Å². The molecule has 2 aliphatic rings. The molecule has 1 saturated heterocycles. The summed E-state index contributed by atoms with van der Waals surface area (Å²) in [5, 5.41) is 0. The number of hydrogen-bond acceptors (Lipinski definition) is 4. The topological polar surface area (TPSA) is 58.8 Å². The fourth-order valence-corrected chi connectivity index (χ4v) is 3.27. The molecule has 25 heavy (non-hydrogen) atoms. The second-order valence-corrected chi connectivity index (χ2v) is 6.70. The molecule has 5 heteroatoms. The van der Waals surface area contributed by atoms with E-state index in [9.17, 15) is 4.79 Å². The average Bonchev–Trinajstić information content (AvgIpc) is 2.67. The average molecular weight is 341 g/mol. The number of piperazine rings is 1. The van der Waals surface area contributed by atoms with E-state index in [2.05, 4.69) is 17.1 Å². The Morgan fingerprint density at radius 3 is 2.44 bits per heavy atom. The first-order chi connectivity index (χ1) is 12.1. The van der Waals surface area contributed by atoms with Crippen LogP contribution in [-0.2, 0) is 11.3 Å². The van der Waals surface area contributed by atoms with Gasteiger partial charge in [0.1, 0.15) is 6.61 Å². The quantitative estimate of drug-likeness (QED) is 0.915. The largest absolute Gasteiger partial charge is 0.445 e. The summed E-state index contributed by atoms with van der Waals surface area (Å²) in [7, 11) is 0. The zero-order chi connectivity index (χ0) is 17.6. The number of allylic oxidation sites excluding steroid dienone is 3. The van der Waals surface area contributed by atoms with Gasteiger partial charge in [-0.05, 0) is 31.4 Å². The van der Waals surface area contributed by atoms with E-state index in [-0.39, 0.29) is 12.1 Å². The van der Waals surface area contributed by atoms with Gasteiger partial charge in [-0.1, -0.05) is 42.0 Å². The molecule has 0 spiro atoms. The highest BCUT2D eigenvalue weighted by Crippen LogP contribution is 2.24. The maximum Gasteiger partial charge on any atom is 0.410 e. The van der Waals surface area contributed by atoms with Crippen LogP contribution in [0.5, 0.6) is 0 Å². The van der Waals surface area contributed by atoms with Crippen molar-refractivity contribution < 1.29 is 9.53 Å². The number of nitrogens with zero attached hydrogens (tertiary/aromatic N) is 2. The Labute approximate surface area is 149 Å². The Bertz CT molecular complexity index is 644. The molecule has 0 bridgehead atoms. The Morgan fingerprint density at radius 2 is 1.84 bits per heavy atom. The van der Waals surface area contributed by atoms with Crippen molar-refractivity contribution in [1.82, 2.24) is 9.80 Å². The lowest BCUT2D eigenvalue weighted by Gasteiger charge is -2.37. The van der Waals surface area contributed by atoms with Crippen molar-refractivity contribution in [3.05, 3.63) is 59.3 Å². The highest BCUT2D eigenvalue weighted by atomic mass is 16.6. The first-order valence-electron chi connectivity index (χ1n) is 8.99. The third-order valence-electron chi connectivity index (χ3n) is 4.89. The molecule has 0 radical (unpaired) electrons. The van der Waals surface area contributed by atoms with Gasteiger partial charge in [-0.3, -0.25) is 0 Å². The lowest BCUT2D eigenvalue weighted by Crippen LogP contribution is -2.48. The molecule has 0 saturated carbocycles. The van der Waals surface area contributed by atoms with Gasteiger partial charge >= 0.3 is 6.09 Å². The summed E-state index contributed by atoms with van der Waals surface area (Å²) in [6, 6.07) is 9.91. The number of carbonyl (C=O) groups is 1. The molecule has 2 N–H and O–H groups in total. The number of hydrogen-bond donors (Lipinski definition) is 1. The fraction of sp³-hybridized carbons (Fsp3) is 0.450. The summed E-state index contributed by atoms with van der Waals surface area (Å²) in [6.07, 6.45) is 6.19. The lowest BCUT2D eigenvalue weighted by atomic mass is 9.97. The van der Waals surface area contributed by atoms with Crippen LogP contribution in [-0.4, -0.2) is 48.1 Å². The minimum absolute atomic E-state index is 0.133.